The Balaban J connectivity index is 1.65. The van der Waals surface area contributed by atoms with Gasteiger partial charge in [-0.05, 0) is 67.8 Å². The first-order chi connectivity index (χ1) is 14.4. The third-order valence-electron chi connectivity index (χ3n) is 5.08. The largest absolute Gasteiger partial charge is 0.325 e. The number of nitrogens with one attached hydrogen (secondary N) is 1. The molecular weight excluding hydrogens is 440 g/mol. The van der Waals surface area contributed by atoms with Gasteiger partial charge in [-0.25, -0.2) is 8.42 Å². The van der Waals surface area contributed by atoms with Gasteiger partial charge in [-0.2, -0.15) is 4.31 Å². The Hall–Kier alpha value is -1.54. The minimum Gasteiger partial charge on any atom is -0.325 e. The second kappa shape index (κ2) is 10.7. The predicted octanol–water partition coefficient (Wildman–Crippen LogP) is 5.41. The van der Waals surface area contributed by atoms with Crippen LogP contribution in [-0.2, 0) is 14.8 Å². The molecule has 0 bridgehead atoms. The molecule has 30 heavy (non-hydrogen) atoms. The second-order valence-electron chi connectivity index (χ2n) is 7.30. The van der Waals surface area contributed by atoms with Gasteiger partial charge in [0.1, 0.15) is 0 Å². The lowest BCUT2D eigenvalue weighted by atomic mass is 10.2. The normalized spacial score (nSPS) is 16.6. The zero-order chi connectivity index (χ0) is 21.6. The molecule has 1 amide bonds. The summed E-state index contributed by atoms with van der Waals surface area (Å²) in [5.74, 6) is -0.111. The molecule has 0 unspecified atom stereocenters. The summed E-state index contributed by atoms with van der Waals surface area (Å²) in [6.45, 7) is 3.10. The van der Waals surface area contributed by atoms with E-state index in [0.717, 1.165) is 30.6 Å². The Morgan fingerprint density at radius 1 is 1.03 bits per heavy atom. The highest BCUT2D eigenvalue weighted by Crippen LogP contribution is 2.28. The summed E-state index contributed by atoms with van der Waals surface area (Å²) < 4.78 is 27.3. The van der Waals surface area contributed by atoms with Crippen molar-refractivity contribution in [2.45, 2.75) is 54.1 Å². The van der Waals surface area contributed by atoms with E-state index in [9.17, 15) is 13.2 Å². The van der Waals surface area contributed by atoms with Crippen molar-refractivity contribution in [3.8, 4) is 0 Å². The molecule has 0 spiro atoms. The summed E-state index contributed by atoms with van der Waals surface area (Å²) in [7, 11) is -3.49. The Morgan fingerprint density at radius 2 is 1.63 bits per heavy atom. The van der Waals surface area contributed by atoms with Crippen molar-refractivity contribution in [3.63, 3.8) is 0 Å². The molecular formula is C22H27ClN2O3S2. The molecule has 0 saturated carbocycles. The highest BCUT2D eigenvalue weighted by Gasteiger charge is 2.25. The molecule has 162 valence electrons. The molecule has 1 N–H and O–H groups in total. The summed E-state index contributed by atoms with van der Waals surface area (Å²) in [6, 6.07) is 13.9. The van der Waals surface area contributed by atoms with Crippen molar-refractivity contribution >= 4 is 45.0 Å². The van der Waals surface area contributed by atoms with Crippen LogP contribution < -0.4 is 5.32 Å². The Morgan fingerprint density at radius 3 is 2.20 bits per heavy atom. The fourth-order valence-corrected chi connectivity index (χ4v) is 5.96. The molecule has 2 aromatic carbocycles. The Labute approximate surface area is 188 Å². The predicted molar refractivity (Wildman–Crippen MR) is 124 cm³/mol. The van der Waals surface area contributed by atoms with E-state index in [2.05, 4.69) is 5.32 Å². The minimum absolute atomic E-state index is 0.111. The molecule has 5 nitrogen and oxygen atoms in total. The summed E-state index contributed by atoms with van der Waals surface area (Å²) in [5.41, 5.74) is 0.588. The molecule has 1 heterocycles. The molecule has 0 aliphatic carbocycles. The van der Waals surface area contributed by atoms with Crippen LogP contribution in [-0.4, -0.2) is 37.0 Å². The maximum Gasteiger partial charge on any atom is 0.243 e. The molecule has 1 aliphatic rings. The molecule has 0 aromatic heterocycles. The van der Waals surface area contributed by atoms with E-state index in [-0.39, 0.29) is 16.1 Å². The van der Waals surface area contributed by atoms with Gasteiger partial charge < -0.3 is 5.32 Å². The van der Waals surface area contributed by atoms with Crippen LogP contribution in [0.1, 0.15) is 39.0 Å². The third-order valence-corrected chi connectivity index (χ3v) is 8.62. The van der Waals surface area contributed by atoms with Crippen LogP contribution in [0.5, 0.6) is 0 Å². The van der Waals surface area contributed by atoms with Crippen molar-refractivity contribution in [2.75, 3.05) is 18.4 Å². The van der Waals surface area contributed by atoms with Crippen LogP contribution in [0, 0.1) is 0 Å². The van der Waals surface area contributed by atoms with Crippen LogP contribution in [0.4, 0.5) is 5.69 Å². The average Bonchev–Trinajstić information content (AvgIpc) is 3.04. The summed E-state index contributed by atoms with van der Waals surface area (Å²) >= 11 is 7.40. The standard InChI is InChI=1S/C22H27ClN2O3S2/c1-2-21(29-19-11-7-17(23)8-12-19)22(26)24-18-9-13-20(14-10-18)30(27,28)25-15-5-3-4-6-16-25/h7-14,21H,2-6,15-16H2,1H3,(H,24,26)/t21-/m1/s1. The quantitative estimate of drug-likeness (QED) is 0.553. The van der Waals surface area contributed by atoms with E-state index in [1.54, 1.807) is 40.7 Å². The van der Waals surface area contributed by atoms with Crippen LogP contribution >= 0.6 is 23.4 Å². The summed E-state index contributed by atoms with van der Waals surface area (Å²) in [5, 5.41) is 3.30. The number of sulfonamides is 1. The number of amides is 1. The highest BCUT2D eigenvalue weighted by atomic mass is 35.5. The molecule has 1 saturated heterocycles. The van der Waals surface area contributed by atoms with E-state index in [4.69, 9.17) is 11.6 Å². The van der Waals surface area contributed by atoms with E-state index < -0.39 is 10.0 Å². The average molecular weight is 467 g/mol. The monoisotopic (exact) mass is 466 g/mol. The number of hydrogen-bond acceptors (Lipinski definition) is 4. The molecule has 1 atom stereocenters. The number of hydrogen-bond donors (Lipinski definition) is 1. The van der Waals surface area contributed by atoms with E-state index in [0.29, 0.717) is 30.2 Å². The van der Waals surface area contributed by atoms with Crippen LogP contribution in [0.25, 0.3) is 0 Å². The molecule has 1 aliphatic heterocycles. The molecule has 2 aromatic rings. The van der Waals surface area contributed by atoms with Gasteiger partial charge in [-0.1, -0.05) is 31.4 Å². The first kappa shape index (κ1) is 23.1. The van der Waals surface area contributed by atoms with E-state index in [1.807, 2.05) is 19.1 Å². The van der Waals surface area contributed by atoms with Crippen LogP contribution in [0.2, 0.25) is 5.02 Å². The molecule has 8 heteroatoms. The van der Waals surface area contributed by atoms with Gasteiger partial charge in [0.05, 0.1) is 10.1 Å². The van der Waals surface area contributed by atoms with Gasteiger partial charge in [0.2, 0.25) is 15.9 Å². The van der Waals surface area contributed by atoms with Gasteiger partial charge in [-0.15, -0.1) is 11.8 Å². The zero-order valence-corrected chi connectivity index (χ0v) is 19.4. The van der Waals surface area contributed by atoms with Crippen molar-refractivity contribution in [1.82, 2.24) is 4.31 Å². The topological polar surface area (TPSA) is 66.5 Å². The van der Waals surface area contributed by atoms with Gasteiger partial charge in [0.15, 0.2) is 0 Å². The van der Waals surface area contributed by atoms with Crippen molar-refractivity contribution in [1.29, 1.82) is 0 Å². The van der Waals surface area contributed by atoms with Gasteiger partial charge in [0, 0.05) is 28.7 Å². The van der Waals surface area contributed by atoms with E-state index >= 15 is 0 Å². The van der Waals surface area contributed by atoms with E-state index in [1.165, 1.54) is 11.8 Å². The molecule has 3 rings (SSSR count). The number of anilines is 1. The fraction of sp³-hybridized carbons (Fsp3) is 0.409. The highest BCUT2D eigenvalue weighted by molar-refractivity contribution is 8.00. The SMILES string of the molecule is CC[C@@H](Sc1ccc(Cl)cc1)C(=O)Nc1ccc(S(=O)(=O)N2CCCCCC2)cc1. The number of rotatable bonds is 7. The fourth-order valence-electron chi connectivity index (χ4n) is 3.36. The van der Waals surface area contributed by atoms with Crippen LogP contribution in [0.15, 0.2) is 58.3 Å². The number of carbonyl (C=O) groups is 1. The number of thioether (sulfide) groups is 1. The maximum absolute atomic E-state index is 12.9. The number of benzene rings is 2. The summed E-state index contributed by atoms with van der Waals surface area (Å²) in [6.07, 6.45) is 4.61. The van der Waals surface area contributed by atoms with Crippen LogP contribution in [0.3, 0.4) is 0 Å². The lowest BCUT2D eigenvalue weighted by Gasteiger charge is -2.20. The lowest BCUT2D eigenvalue weighted by Crippen LogP contribution is -2.31. The number of halogens is 1. The number of carbonyl (C=O) groups excluding carboxylic acids is 1. The van der Waals surface area contributed by atoms with Gasteiger partial charge in [0.25, 0.3) is 0 Å². The molecule has 1 fully saturated rings. The minimum atomic E-state index is -3.49. The Bertz CT molecular complexity index is 939. The Kier molecular flexibility index (Phi) is 8.22. The lowest BCUT2D eigenvalue weighted by molar-refractivity contribution is -0.115. The third kappa shape index (κ3) is 6.00. The van der Waals surface area contributed by atoms with Crippen molar-refractivity contribution < 1.29 is 13.2 Å². The van der Waals surface area contributed by atoms with Crippen molar-refractivity contribution in [2.24, 2.45) is 0 Å². The van der Waals surface area contributed by atoms with Gasteiger partial charge in [-0.3, -0.25) is 4.79 Å². The molecule has 0 radical (unpaired) electrons. The maximum atomic E-state index is 12.9. The first-order valence-corrected chi connectivity index (χ1v) is 12.9. The summed E-state index contributed by atoms with van der Waals surface area (Å²) in [4.78, 5) is 13.9. The second-order valence-corrected chi connectivity index (χ2v) is 11.0. The van der Waals surface area contributed by atoms with Gasteiger partial charge >= 0.3 is 0 Å². The first-order valence-electron chi connectivity index (χ1n) is 10.2. The van der Waals surface area contributed by atoms with Crippen molar-refractivity contribution in [3.05, 3.63) is 53.6 Å². The number of nitrogens with zero attached hydrogens (tertiary/aromatic N) is 1. The zero-order valence-electron chi connectivity index (χ0n) is 17.0. The smallest absolute Gasteiger partial charge is 0.243 e.